The van der Waals surface area contributed by atoms with Gasteiger partial charge in [-0.1, -0.05) is 42.5 Å². The first-order chi connectivity index (χ1) is 15.0. The van der Waals surface area contributed by atoms with Gasteiger partial charge in [-0.3, -0.25) is 9.59 Å². The molecule has 5 rings (SSSR count). The molecule has 1 aliphatic rings. The number of amides is 2. The minimum absolute atomic E-state index is 0.194. The molecule has 0 saturated carbocycles. The van der Waals surface area contributed by atoms with Crippen molar-refractivity contribution >= 4 is 34.0 Å². The van der Waals surface area contributed by atoms with Gasteiger partial charge in [-0.15, -0.1) is 0 Å². The van der Waals surface area contributed by atoms with Gasteiger partial charge in [0.1, 0.15) is 5.75 Å². The smallest absolute Gasteiger partial charge is 0.261 e. The van der Waals surface area contributed by atoms with Crippen molar-refractivity contribution in [2.75, 3.05) is 17.3 Å². The zero-order valence-electron chi connectivity index (χ0n) is 17.2. The van der Waals surface area contributed by atoms with E-state index in [4.69, 9.17) is 4.74 Å². The average Bonchev–Trinajstić information content (AvgIpc) is 2.88. The molecule has 2 amide bonds. The number of carbonyl (C=O) groups is 2. The normalized spacial score (nSPS) is 12.6. The van der Waals surface area contributed by atoms with E-state index in [-0.39, 0.29) is 11.8 Å². The molecule has 0 aliphatic carbocycles. The lowest BCUT2D eigenvalue weighted by Crippen LogP contribution is -2.25. The molecule has 1 aliphatic heterocycles. The van der Waals surface area contributed by atoms with Crippen LogP contribution < -0.4 is 15.0 Å². The number of anilines is 2. The predicted molar refractivity (Wildman–Crippen MR) is 122 cm³/mol. The van der Waals surface area contributed by atoms with E-state index in [2.05, 4.69) is 5.32 Å². The third kappa shape index (κ3) is 3.30. The highest BCUT2D eigenvalue weighted by atomic mass is 16.5. The van der Waals surface area contributed by atoms with Gasteiger partial charge in [0, 0.05) is 18.3 Å². The fraction of sp³-hybridized carbons (Fsp3) is 0.0769. The van der Waals surface area contributed by atoms with E-state index in [1.807, 2.05) is 61.5 Å². The molecular formula is C26H20N2O3. The van der Waals surface area contributed by atoms with Crippen molar-refractivity contribution in [3.05, 3.63) is 95.6 Å². The Hall–Kier alpha value is -4.12. The van der Waals surface area contributed by atoms with Crippen LogP contribution in [0.2, 0.25) is 0 Å². The summed E-state index contributed by atoms with van der Waals surface area (Å²) in [5.74, 6) is 0.655. The molecule has 0 spiro atoms. The summed E-state index contributed by atoms with van der Waals surface area (Å²) in [4.78, 5) is 27.7. The molecule has 0 radical (unpaired) electrons. The highest BCUT2D eigenvalue weighted by Gasteiger charge is 2.26. The minimum Gasteiger partial charge on any atom is -0.454 e. The number of nitrogens with one attached hydrogen (secondary N) is 1. The molecule has 0 bridgehead atoms. The van der Waals surface area contributed by atoms with Gasteiger partial charge in [-0.2, -0.15) is 0 Å². The number of hydrogen-bond acceptors (Lipinski definition) is 3. The largest absolute Gasteiger partial charge is 0.454 e. The van der Waals surface area contributed by atoms with Crippen LogP contribution in [-0.2, 0) is 0 Å². The summed E-state index contributed by atoms with van der Waals surface area (Å²) in [6.45, 7) is 1.97. The maximum atomic E-state index is 13.1. The van der Waals surface area contributed by atoms with Crippen LogP contribution >= 0.6 is 0 Å². The predicted octanol–water partition coefficient (Wildman–Crippen LogP) is 5.78. The number of rotatable bonds is 2. The monoisotopic (exact) mass is 408 g/mol. The summed E-state index contributed by atoms with van der Waals surface area (Å²) in [6.07, 6.45) is 0. The van der Waals surface area contributed by atoms with E-state index in [1.54, 1.807) is 36.2 Å². The summed E-state index contributed by atoms with van der Waals surface area (Å²) in [5.41, 5.74) is 3.25. The van der Waals surface area contributed by atoms with Gasteiger partial charge < -0.3 is 15.0 Å². The van der Waals surface area contributed by atoms with E-state index in [0.717, 1.165) is 16.3 Å². The lowest BCUT2D eigenvalue weighted by molar-refractivity contribution is 0.0990. The fourth-order valence-corrected chi connectivity index (χ4v) is 3.87. The summed E-state index contributed by atoms with van der Waals surface area (Å²) in [6, 6.07) is 24.2. The van der Waals surface area contributed by atoms with Gasteiger partial charge in [-0.25, -0.2) is 0 Å². The first kappa shape index (κ1) is 18.9. The third-order valence-corrected chi connectivity index (χ3v) is 5.50. The molecular weight excluding hydrogens is 388 g/mol. The van der Waals surface area contributed by atoms with Crippen molar-refractivity contribution in [1.29, 1.82) is 0 Å². The van der Waals surface area contributed by atoms with Crippen molar-refractivity contribution in [3.63, 3.8) is 0 Å². The van der Waals surface area contributed by atoms with Crippen molar-refractivity contribution in [2.45, 2.75) is 6.92 Å². The van der Waals surface area contributed by atoms with Crippen molar-refractivity contribution in [3.8, 4) is 11.5 Å². The second-order valence-corrected chi connectivity index (χ2v) is 7.63. The SMILES string of the molecule is Cc1ccc2c(c1)N(C)C(=O)c1cc(NC(=O)c3cccc4ccccc34)ccc1O2. The van der Waals surface area contributed by atoms with E-state index < -0.39 is 0 Å². The number of benzene rings is 4. The Morgan fingerprint density at radius 3 is 2.55 bits per heavy atom. The number of hydrogen-bond donors (Lipinski definition) is 1. The molecule has 1 N–H and O–H groups in total. The van der Waals surface area contributed by atoms with Gasteiger partial charge >= 0.3 is 0 Å². The molecule has 0 atom stereocenters. The molecule has 0 saturated heterocycles. The Bertz CT molecular complexity index is 1350. The van der Waals surface area contributed by atoms with Crippen LogP contribution in [0.25, 0.3) is 10.8 Å². The lowest BCUT2D eigenvalue weighted by atomic mass is 10.0. The molecule has 4 aromatic carbocycles. The second kappa shape index (κ2) is 7.29. The highest BCUT2D eigenvalue weighted by molar-refractivity contribution is 6.14. The number of carbonyl (C=O) groups excluding carboxylic acids is 2. The summed E-state index contributed by atoms with van der Waals surface area (Å²) in [7, 11) is 1.72. The van der Waals surface area contributed by atoms with E-state index in [1.165, 1.54) is 0 Å². The molecule has 5 nitrogen and oxygen atoms in total. The number of aryl methyl sites for hydroxylation is 1. The first-order valence-electron chi connectivity index (χ1n) is 10.0. The Balaban J connectivity index is 1.49. The summed E-state index contributed by atoms with van der Waals surface area (Å²) < 4.78 is 6.03. The van der Waals surface area contributed by atoms with Crippen molar-refractivity contribution < 1.29 is 14.3 Å². The molecule has 0 unspecified atom stereocenters. The molecule has 152 valence electrons. The van der Waals surface area contributed by atoms with E-state index >= 15 is 0 Å². The topological polar surface area (TPSA) is 58.6 Å². The van der Waals surface area contributed by atoms with E-state index in [9.17, 15) is 9.59 Å². The maximum Gasteiger partial charge on any atom is 0.261 e. The quantitative estimate of drug-likeness (QED) is 0.457. The summed E-state index contributed by atoms with van der Waals surface area (Å²) >= 11 is 0. The van der Waals surface area contributed by atoms with Crippen LogP contribution in [0.3, 0.4) is 0 Å². The fourth-order valence-electron chi connectivity index (χ4n) is 3.87. The standard InChI is InChI=1S/C26H20N2O3/c1-16-10-12-24-22(14-16)28(2)26(30)21-15-18(11-13-23(21)31-24)27-25(29)20-9-5-7-17-6-3-4-8-19(17)20/h3-15H,1-2H3,(H,27,29). The molecule has 1 heterocycles. The second-order valence-electron chi connectivity index (χ2n) is 7.63. The Morgan fingerprint density at radius 1 is 0.903 bits per heavy atom. The van der Waals surface area contributed by atoms with Crippen LogP contribution in [0.1, 0.15) is 26.3 Å². The zero-order valence-corrected chi connectivity index (χ0v) is 17.2. The Labute approximate surface area is 179 Å². The van der Waals surface area contributed by atoms with Gasteiger partial charge in [0.05, 0.1) is 11.3 Å². The van der Waals surface area contributed by atoms with Crippen LogP contribution in [0.15, 0.2) is 78.9 Å². The van der Waals surface area contributed by atoms with Gasteiger partial charge in [0.2, 0.25) is 0 Å². The van der Waals surface area contributed by atoms with Crippen molar-refractivity contribution in [2.24, 2.45) is 0 Å². The Morgan fingerprint density at radius 2 is 1.68 bits per heavy atom. The molecule has 0 aromatic heterocycles. The lowest BCUT2D eigenvalue weighted by Gasteiger charge is -2.17. The van der Waals surface area contributed by atoms with Gasteiger partial charge in [-0.05, 0) is 59.7 Å². The molecule has 0 fully saturated rings. The maximum absolute atomic E-state index is 13.1. The number of ether oxygens (including phenoxy) is 1. The minimum atomic E-state index is -0.231. The van der Waals surface area contributed by atoms with Crippen LogP contribution in [0, 0.1) is 6.92 Å². The highest BCUT2D eigenvalue weighted by Crippen LogP contribution is 2.39. The van der Waals surface area contributed by atoms with E-state index in [0.29, 0.717) is 34.0 Å². The molecule has 31 heavy (non-hydrogen) atoms. The molecule has 4 aromatic rings. The first-order valence-corrected chi connectivity index (χ1v) is 10.0. The van der Waals surface area contributed by atoms with Gasteiger partial charge in [0.25, 0.3) is 11.8 Å². The van der Waals surface area contributed by atoms with Crippen LogP contribution in [-0.4, -0.2) is 18.9 Å². The number of nitrogens with zero attached hydrogens (tertiary/aromatic N) is 1. The third-order valence-electron chi connectivity index (χ3n) is 5.50. The Kier molecular flexibility index (Phi) is 4.44. The summed E-state index contributed by atoms with van der Waals surface area (Å²) in [5, 5.41) is 4.79. The molecule has 5 heteroatoms. The number of fused-ring (bicyclic) bond motifs is 3. The average molecular weight is 408 g/mol. The van der Waals surface area contributed by atoms with Crippen LogP contribution in [0.4, 0.5) is 11.4 Å². The van der Waals surface area contributed by atoms with Crippen molar-refractivity contribution in [1.82, 2.24) is 0 Å². The van der Waals surface area contributed by atoms with Crippen LogP contribution in [0.5, 0.6) is 11.5 Å². The zero-order chi connectivity index (χ0) is 21.5. The van der Waals surface area contributed by atoms with Gasteiger partial charge in [0.15, 0.2) is 5.75 Å².